The Labute approximate surface area is 319 Å². The zero-order chi connectivity index (χ0) is 36.9. The number of rotatable bonds is 8. The smallest absolute Gasteiger partial charge is 0.0713 e. The molecule has 0 N–H and O–H groups in total. The van der Waals surface area contributed by atoms with E-state index >= 15 is 0 Å². The van der Waals surface area contributed by atoms with E-state index in [1.54, 1.807) is 0 Å². The summed E-state index contributed by atoms with van der Waals surface area (Å²) in [7, 11) is 0. The van der Waals surface area contributed by atoms with Gasteiger partial charge < -0.3 is 4.90 Å². The van der Waals surface area contributed by atoms with Crippen molar-refractivity contribution in [3.8, 4) is 22.3 Å². The van der Waals surface area contributed by atoms with Gasteiger partial charge in [-0.15, -0.1) is 0 Å². The van der Waals surface area contributed by atoms with Gasteiger partial charge in [0.15, 0.2) is 0 Å². The quantitative estimate of drug-likeness (QED) is 0.153. The summed E-state index contributed by atoms with van der Waals surface area (Å²) in [6.45, 7) is 11.2. The molecule has 0 spiro atoms. The summed E-state index contributed by atoms with van der Waals surface area (Å²) in [5.41, 5.74) is 17.9. The van der Waals surface area contributed by atoms with E-state index in [0.717, 1.165) is 11.4 Å². The molecule has 9 rings (SSSR count). The van der Waals surface area contributed by atoms with Crippen LogP contribution < -0.4 is 4.90 Å². The van der Waals surface area contributed by atoms with E-state index in [-0.39, 0.29) is 5.41 Å². The summed E-state index contributed by atoms with van der Waals surface area (Å²) >= 11 is 0. The molecule has 1 unspecified atom stereocenters. The van der Waals surface area contributed by atoms with E-state index in [0.29, 0.717) is 0 Å². The first-order valence-electron chi connectivity index (χ1n) is 18.9. The van der Waals surface area contributed by atoms with Crippen LogP contribution in [0.4, 0.5) is 17.1 Å². The number of hydrogen-bond acceptors (Lipinski definition) is 1. The molecule has 2 aliphatic carbocycles. The maximum Gasteiger partial charge on any atom is 0.0713 e. The normalized spacial score (nSPS) is 16.6. The van der Waals surface area contributed by atoms with Gasteiger partial charge in [0, 0.05) is 22.4 Å². The lowest BCUT2D eigenvalue weighted by Crippen LogP contribution is -2.29. The molecule has 54 heavy (non-hydrogen) atoms. The Bertz CT molecular complexity index is 2570. The van der Waals surface area contributed by atoms with E-state index in [1.165, 1.54) is 72.5 Å². The summed E-state index contributed by atoms with van der Waals surface area (Å²) in [5.74, 6) is 0. The predicted molar refractivity (Wildman–Crippen MR) is 229 cm³/mol. The molecule has 1 nitrogen and oxygen atoms in total. The third kappa shape index (κ3) is 5.00. The Morgan fingerprint density at radius 2 is 1.04 bits per heavy atom. The molecular formula is C53H43N. The van der Waals surface area contributed by atoms with Crippen LogP contribution in [-0.4, -0.2) is 0 Å². The van der Waals surface area contributed by atoms with Crippen LogP contribution in [0.1, 0.15) is 54.2 Å². The van der Waals surface area contributed by atoms with Gasteiger partial charge >= 0.3 is 0 Å². The standard InChI is InChI=1S/C53H43N/c1-5-18-43-44-23-13-16-26-48(44)53(46(43)6-2,39-21-11-8-12-22-39)40-31-35-42(36-32-40)54(41-33-29-38(30-34-41)37-19-9-7-10-20-37)50-28-17-27-49-51(50)45-24-14-15-25-47(45)52(49,3)4/h5-36H,2H2,1,3-4H3/b18-5-. The van der Waals surface area contributed by atoms with Crippen molar-refractivity contribution >= 4 is 22.6 Å². The highest BCUT2D eigenvalue weighted by molar-refractivity contribution is 5.96. The van der Waals surface area contributed by atoms with E-state index in [9.17, 15) is 0 Å². The van der Waals surface area contributed by atoms with Gasteiger partial charge in [-0.25, -0.2) is 0 Å². The van der Waals surface area contributed by atoms with Gasteiger partial charge in [0.05, 0.1) is 11.1 Å². The summed E-state index contributed by atoms with van der Waals surface area (Å²) in [4.78, 5) is 2.45. The average molecular weight is 694 g/mol. The third-order valence-electron chi connectivity index (χ3n) is 11.7. The Morgan fingerprint density at radius 3 is 1.70 bits per heavy atom. The molecule has 0 bridgehead atoms. The van der Waals surface area contributed by atoms with Gasteiger partial charge in [0.1, 0.15) is 0 Å². The van der Waals surface area contributed by atoms with Crippen molar-refractivity contribution in [1.82, 2.24) is 0 Å². The van der Waals surface area contributed by atoms with Crippen molar-refractivity contribution in [3.05, 3.63) is 240 Å². The van der Waals surface area contributed by atoms with Crippen molar-refractivity contribution in [2.24, 2.45) is 0 Å². The van der Waals surface area contributed by atoms with Crippen molar-refractivity contribution < 1.29 is 0 Å². The summed E-state index contributed by atoms with van der Waals surface area (Å²) in [6, 6.07) is 64.5. The molecule has 7 aromatic carbocycles. The Hall–Kier alpha value is -6.44. The number of allylic oxidation sites excluding steroid dienone is 5. The molecule has 0 fully saturated rings. The molecule has 0 saturated heterocycles. The first-order valence-corrected chi connectivity index (χ1v) is 18.9. The highest BCUT2D eigenvalue weighted by atomic mass is 15.1. The summed E-state index contributed by atoms with van der Waals surface area (Å²) < 4.78 is 0. The van der Waals surface area contributed by atoms with E-state index in [4.69, 9.17) is 0 Å². The molecule has 0 aliphatic heterocycles. The maximum atomic E-state index is 4.42. The first kappa shape index (κ1) is 33.4. The van der Waals surface area contributed by atoms with Crippen LogP contribution in [0, 0.1) is 0 Å². The third-order valence-corrected chi connectivity index (χ3v) is 11.7. The van der Waals surface area contributed by atoms with Gasteiger partial charge in [-0.05, 0) is 98.5 Å². The molecule has 260 valence electrons. The van der Waals surface area contributed by atoms with Gasteiger partial charge in [-0.2, -0.15) is 0 Å². The predicted octanol–water partition coefficient (Wildman–Crippen LogP) is 14.0. The van der Waals surface area contributed by atoms with Crippen molar-refractivity contribution in [3.63, 3.8) is 0 Å². The van der Waals surface area contributed by atoms with Crippen molar-refractivity contribution in [1.29, 1.82) is 0 Å². The average Bonchev–Trinajstić information content (AvgIpc) is 3.65. The molecule has 1 heteroatoms. The minimum atomic E-state index is -0.522. The van der Waals surface area contributed by atoms with Gasteiger partial charge in [-0.1, -0.05) is 184 Å². The lowest BCUT2D eigenvalue weighted by Gasteiger charge is -2.35. The number of nitrogens with zero attached hydrogens (tertiary/aromatic N) is 1. The highest BCUT2D eigenvalue weighted by Gasteiger charge is 2.46. The zero-order valence-electron chi connectivity index (χ0n) is 31.1. The van der Waals surface area contributed by atoms with Crippen LogP contribution in [0.2, 0.25) is 0 Å². The molecule has 2 aliphatic rings. The molecule has 0 amide bonds. The maximum absolute atomic E-state index is 4.42. The van der Waals surface area contributed by atoms with E-state index in [2.05, 4.69) is 226 Å². The second-order valence-corrected chi connectivity index (χ2v) is 14.9. The van der Waals surface area contributed by atoms with Crippen molar-refractivity contribution in [2.75, 3.05) is 4.90 Å². The number of hydrogen-bond donors (Lipinski definition) is 0. The molecule has 0 heterocycles. The topological polar surface area (TPSA) is 3.24 Å². The summed E-state index contributed by atoms with van der Waals surface area (Å²) in [5, 5.41) is 0. The minimum Gasteiger partial charge on any atom is -0.310 e. The number of benzene rings is 7. The minimum absolute atomic E-state index is 0.107. The fraction of sp³-hybridized carbons (Fsp3) is 0.0943. The van der Waals surface area contributed by atoms with E-state index < -0.39 is 5.41 Å². The summed E-state index contributed by atoms with van der Waals surface area (Å²) in [6.07, 6.45) is 6.45. The first-order chi connectivity index (χ1) is 26.5. The molecule has 0 aromatic heterocycles. The van der Waals surface area contributed by atoms with Gasteiger partial charge in [0.25, 0.3) is 0 Å². The molecule has 0 radical (unpaired) electrons. The Morgan fingerprint density at radius 1 is 0.500 bits per heavy atom. The molecule has 1 atom stereocenters. The van der Waals surface area contributed by atoms with Crippen LogP contribution >= 0.6 is 0 Å². The Balaban J connectivity index is 1.26. The second kappa shape index (κ2) is 13.2. The van der Waals surface area contributed by atoms with Gasteiger partial charge in [0.2, 0.25) is 0 Å². The monoisotopic (exact) mass is 693 g/mol. The lowest BCUT2D eigenvalue weighted by atomic mass is 9.67. The van der Waals surface area contributed by atoms with E-state index in [1.807, 2.05) is 0 Å². The van der Waals surface area contributed by atoms with Crippen LogP contribution in [0.5, 0.6) is 0 Å². The van der Waals surface area contributed by atoms with Crippen LogP contribution in [0.3, 0.4) is 0 Å². The van der Waals surface area contributed by atoms with Crippen molar-refractivity contribution in [2.45, 2.75) is 31.6 Å². The number of fused-ring (bicyclic) bond motifs is 4. The van der Waals surface area contributed by atoms with Crippen LogP contribution in [-0.2, 0) is 10.8 Å². The van der Waals surface area contributed by atoms with Gasteiger partial charge in [-0.3, -0.25) is 0 Å². The molecule has 7 aromatic rings. The molecule has 0 saturated carbocycles. The second-order valence-electron chi connectivity index (χ2n) is 14.9. The SMILES string of the molecule is C=CC1=C(/C=C\C)c2ccccc2C1(c1ccccc1)c1ccc(N(c2ccc(-c3ccccc3)cc2)c2cccc3c2-c2ccccc2C3(C)C)cc1. The largest absolute Gasteiger partial charge is 0.310 e. The fourth-order valence-electron chi connectivity index (χ4n) is 9.27. The van der Waals surface area contributed by atoms with Crippen LogP contribution in [0.15, 0.2) is 206 Å². The highest BCUT2D eigenvalue weighted by Crippen LogP contribution is 2.57. The zero-order valence-corrected chi connectivity index (χ0v) is 31.1. The fourth-order valence-corrected chi connectivity index (χ4v) is 9.27. The lowest BCUT2D eigenvalue weighted by molar-refractivity contribution is 0.660. The number of anilines is 3. The Kier molecular flexibility index (Phi) is 8.17. The van der Waals surface area contributed by atoms with Crippen LogP contribution in [0.25, 0.3) is 27.8 Å². The molecular weight excluding hydrogens is 651 g/mol.